The first-order valence-electron chi connectivity index (χ1n) is 7.62. The van der Waals surface area contributed by atoms with Gasteiger partial charge in [0.05, 0.1) is 19.3 Å². The molecule has 134 valence electrons. The van der Waals surface area contributed by atoms with E-state index >= 15 is 0 Å². The normalized spacial score (nSPS) is 13.5. The Morgan fingerprint density at radius 1 is 1.46 bits per heavy atom. The van der Waals surface area contributed by atoms with Crippen LogP contribution in [-0.2, 0) is 21.8 Å². The summed E-state index contributed by atoms with van der Waals surface area (Å²) in [4.78, 5) is 4.22. The lowest BCUT2D eigenvalue weighted by Gasteiger charge is -2.16. The molecule has 0 fully saturated rings. The number of nitrogens with one attached hydrogen (secondary N) is 1. The van der Waals surface area contributed by atoms with Gasteiger partial charge in [0, 0.05) is 25.7 Å². The number of rotatable bonds is 9. The fourth-order valence-electron chi connectivity index (χ4n) is 2.30. The highest BCUT2D eigenvalue weighted by Crippen LogP contribution is 2.21. The largest absolute Gasteiger partial charge is 0.394 e. The third-order valence-electron chi connectivity index (χ3n) is 3.47. The van der Waals surface area contributed by atoms with Crippen LogP contribution in [0.5, 0.6) is 0 Å². The first-order valence-corrected chi connectivity index (χ1v) is 10.0. The number of nitrogens with zero attached hydrogens (tertiary/aromatic N) is 2. The van der Waals surface area contributed by atoms with Crippen LogP contribution in [0.4, 0.5) is 0 Å². The molecule has 0 saturated heterocycles. The average molecular weight is 374 g/mol. The van der Waals surface area contributed by atoms with E-state index in [1.165, 1.54) is 17.5 Å². The lowest BCUT2D eigenvalue weighted by atomic mass is 10.2. The number of ether oxygens (including phenoxy) is 1. The zero-order valence-corrected chi connectivity index (χ0v) is 15.6. The zero-order chi connectivity index (χ0) is 17.7. The van der Waals surface area contributed by atoms with E-state index < -0.39 is 16.1 Å². The monoisotopic (exact) mass is 373 g/mol. The van der Waals surface area contributed by atoms with Crippen molar-refractivity contribution < 1.29 is 18.3 Å². The first kappa shape index (κ1) is 19.1. The minimum atomic E-state index is -3.73. The summed E-state index contributed by atoms with van der Waals surface area (Å²) in [5.41, 5.74) is 0.875. The van der Waals surface area contributed by atoms with Crippen molar-refractivity contribution in [2.75, 3.05) is 19.8 Å². The smallest absolute Gasteiger partial charge is 0.259 e. The summed E-state index contributed by atoms with van der Waals surface area (Å²) in [6, 6.07) is 1.87. The van der Waals surface area contributed by atoms with Crippen molar-refractivity contribution in [3.8, 4) is 0 Å². The number of hydrogen-bond donors (Lipinski definition) is 2. The molecule has 7 nitrogen and oxygen atoms in total. The Hall–Kier alpha value is -1.26. The van der Waals surface area contributed by atoms with Gasteiger partial charge < -0.3 is 14.4 Å². The Labute approximate surface area is 146 Å². The number of aryl methyl sites for hydroxylation is 1. The fraction of sp³-hybridized carbons (Fsp3) is 0.533. The Morgan fingerprint density at radius 3 is 2.75 bits per heavy atom. The van der Waals surface area contributed by atoms with Crippen LogP contribution in [0.3, 0.4) is 0 Å². The molecule has 1 atom stereocenters. The van der Waals surface area contributed by atoms with E-state index in [4.69, 9.17) is 9.84 Å². The average Bonchev–Trinajstić information content (AvgIpc) is 3.17. The highest BCUT2D eigenvalue weighted by Gasteiger charge is 2.23. The van der Waals surface area contributed by atoms with E-state index in [-0.39, 0.29) is 30.7 Å². The Kier molecular flexibility index (Phi) is 6.53. The van der Waals surface area contributed by atoms with Crippen LogP contribution in [0, 0.1) is 0 Å². The fourth-order valence-corrected chi connectivity index (χ4v) is 4.03. The van der Waals surface area contributed by atoms with Crippen LogP contribution in [0.2, 0.25) is 0 Å². The van der Waals surface area contributed by atoms with E-state index in [0.29, 0.717) is 5.82 Å². The van der Waals surface area contributed by atoms with E-state index in [0.717, 1.165) is 5.56 Å². The zero-order valence-electron chi connectivity index (χ0n) is 14.0. The van der Waals surface area contributed by atoms with Crippen LogP contribution in [0.15, 0.2) is 28.0 Å². The molecule has 1 unspecified atom stereocenters. The van der Waals surface area contributed by atoms with Crippen LogP contribution in [0.25, 0.3) is 0 Å². The lowest BCUT2D eigenvalue weighted by molar-refractivity contribution is 0.0311. The molecule has 0 amide bonds. The summed E-state index contributed by atoms with van der Waals surface area (Å²) < 4.78 is 34.8. The number of sulfonamides is 1. The van der Waals surface area contributed by atoms with Crippen LogP contribution < -0.4 is 4.72 Å². The molecular formula is C15H23N3O4S2. The summed E-state index contributed by atoms with van der Waals surface area (Å²) in [6.45, 7) is 4.02. The topological polar surface area (TPSA) is 93.5 Å². The van der Waals surface area contributed by atoms with Crippen LogP contribution in [-0.4, -0.2) is 42.8 Å². The SMILES string of the molecule is CC(C)c1nc(S(=O)(=O)NCC(OCCO)c2ccsc2)cn1C. The van der Waals surface area contributed by atoms with Crippen LogP contribution >= 0.6 is 11.3 Å². The van der Waals surface area contributed by atoms with Gasteiger partial charge in [0.2, 0.25) is 0 Å². The second kappa shape index (κ2) is 8.21. The summed E-state index contributed by atoms with van der Waals surface area (Å²) in [6.07, 6.45) is 1.05. The molecule has 2 rings (SSSR count). The van der Waals surface area contributed by atoms with Gasteiger partial charge >= 0.3 is 0 Å². The molecule has 0 bridgehead atoms. The molecule has 2 N–H and O–H groups in total. The van der Waals surface area contributed by atoms with Gasteiger partial charge in [-0.2, -0.15) is 11.3 Å². The second-order valence-corrected chi connectivity index (χ2v) is 8.19. The van der Waals surface area contributed by atoms with Gasteiger partial charge in [-0.3, -0.25) is 0 Å². The third-order valence-corrected chi connectivity index (χ3v) is 5.46. The van der Waals surface area contributed by atoms with Crippen molar-refractivity contribution in [1.29, 1.82) is 0 Å². The minimum absolute atomic E-state index is 0.0000678. The van der Waals surface area contributed by atoms with Gasteiger partial charge in [-0.25, -0.2) is 18.1 Å². The Balaban J connectivity index is 2.11. The number of aromatic nitrogens is 2. The quantitative estimate of drug-likeness (QED) is 0.697. The van der Waals surface area contributed by atoms with Crippen molar-refractivity contribution in [3.63, 3.8) is 0 Å². The van der Waals surface area contributed by atoms with Crippen molar-refractivity contribution in [2.24, 2.45) is 7.05 Å². The van der Waals surface area contributed by atoms with Gasteiger partial charge in [-0.05, 0) is 22.4 Å². The number of imidazole rings is 1. The molecular weight excluding hydrogens is 350 g/mol. The molecule has 0 spiro atoms. The maximum Gasteiger partial charge on any atom is 0.259 e. The number of aliphatic hydroxyl groups is 1. The highest BCUT2D eigenvalue weighted by molar-refractivity contribution is 7.89. The van der Waals surface area contributed by atoms with Gasteiger partial charge in [-0.1, -0.05) is 13.8 Å². The van der Waals surface area contributed by atoms with Gasteiger partial charge in [0.15, 0.2) is 5.03 Å². The Morgan fingerprint density at radius 2 is 2.21 bits per heavy atom. The maximum atomic E-state index is 12.5. The van der Waals surface area contributed by atoms with E-state index in [1.807, 2.05) is 30.7 Å². The summed E-state index contributed by atoms with van der Waals surface area (Å²) in [5, 5.41) is 12.7. The predicted octanol–water partition coefficient (Wildman–Crippen LogP) is 1.63. The standard InChI is InChI=1S/C15H23N3O4S2/c1-11(2)15-17-14(9-18(15)3)24(20,21)16-8-13(22-6-5-19)12-4-7-23-10-12/h4,7,9-11,13,16,19H,5-6,8H2,1-3H3. The molecule has 0 saturated carbocycles. The minimum Gasteiger partial charge on any atom is -0.394 e. The summed E-state index contributed by atoms with van der Waals surface area (Å²) in [5.74, 6) is 0.840. The van der Waals surface area contributed by atoms with Crippen LogP contribution in [0.1, 0.15) is 37.3 Å². The molecule has 0 aliphatic heterocycles. The Bertz CT molecular complexity index is 739. The lowest BCUT2D eigenvalue weighted by Crippen LogP contribution is -2.30. The summed E-state index contributed by atoms with van der Waals surface area (Å²) in [7, 11) is -1.95. The first-order chi connectivity index (χ1) is 11.3. The summed E-state index contributed by atoms with van der Waals surface area (Å²) >= 11 is 1.50. The van der Waals surface area contributed by atoms with E-state index in [2.05, 4.69) is 9.71 Å². The predicted molar refractivity (Wildman–Crippen MR) is 92.6 cm³/mol. The molecule has 9 heteroatoms. The second-order valence-electron chi connectivity index (χ2n) is 5.69. The number of aliphatic hydroxyl groups excluding tert-OH is 1. The van der Waals surface area contributed by atoms with Crippen molar-refractivity contribution >= 4 is 21.4 Å². The van der Waals surface area contributed by atoms with Gasteiger partial charge in [-0.15, -0.1) is 0 Å². The van der Waals surface area contributed by atoms with Crippen molar-refractivity contribution in [2.45, 2.75) is 30.9 Å². The van der Waals surface area contributed by atoms with E-state index in [9.17, 15) is 8.42 Å². The molecule has 2 aromatic heterocycles. The van der Waals surface area contributed by atoms with E-state index in [1.54, 1.807) is 11.6 Å². The molecule has 0 radical (unpaired) electrons. The maximum absolute atomic E-state index is 12.5. The highest BCUT2D eigenvalue weighted by atomic mass is 32.2. The molecule has 24 heavy (non-hydrogen) atoms. The number of thiophene rings is 1. The molecule has 0 aliphatic carbocycles. The van der Waals surface area contributed by atoms with Crippen molar-refractivity contribution in [3.05, 3.63) is 34.4 Å². The molecule has 0 aromatic carbocycles. The third kappa shape index (κ3) is 4.64. The molecule has 2 heterocycles. The number of hydrogen-bond acceptors (Lipinski definition) is 6. The molecule has 2 aromatic rings. The van der Waals surface area contributed by atoms with Gasteiger partial charge in [0.25, 0.3) is 10.0 Å². The van der Waals surface area contributed by atoms with Crippen molar-refractivity contribution in [1.82, 2.24) is 14.3 Å². The van der Waals surface area contributed by atoms with Gasteiger partial charge in [0.1, 0.15) is 5.82 Å². The molecule has 0 aliphatic rings.